The average molecular weight is 195 g/mol. The minimum atomic E-state index is -0.770. The lowest BCUT2D eigenvalue weighted by Crippen LogP contribution is -2.31. The molecule has 14 heavy (non-hydrogen) atoms. The van der Waals surface area contributed by atoms with Gasteiger partial charge < -0.3 is 5.11 Å². The third-order valence-corrected chi connectivity index (χ3v) is 2.69. The molecule has 1 fully saturated rings. The van der Waals surface area contributed by atoms with Crippen molar-refractivity contribution in [1.29, 1.82) is 0 Å². The zero-order chi connectivity index (χ0) is 10.1. The van der Waals surface area contributed by atoms with Gasteiger partial charge in [-0.05, 0) is 19.8 Å². The topological polar surface area (TPSA) is 78.0 Å². The number of carboxylic acid groups (broad SMARTS) is 1. The summed E-state index contributed by atoms with van der Waals surface area (Å²) in [7, 11) is 0. The van der Waals surface area contributed by atoms with Crippen LogP contribution in [0.4, 0.5) is 0 Å². The lowest BCUT2D eigenvalue weighted by atomic mass is 10.1. The molecule has 5 nitrogen and oxygen atoms in total. The minimum Gasteiger partial charge on any atom is -0.480 e. The van der Waals surface area contributed by atoms with Crippen molar-refractivity contribution in [2.24, 2.45) is 0 Å². The molecule has 0 bridgehead atoms. The Bertz CT molecular complexity index is 348. The first-order valence-corrected chi connectivity index (χ1v) is 4.67. The molecule has 2 atom stereocenters. The smallest absolute Gasteiger partial charge is 0.320 e. The van der Waals surface area contributed by atoms with Crippen LogP contribution in [-0.4, -0.2) is 27.3 Å². The molecule has 76 valence electrons. The van der Waals surface area contributed by atoms with Crippen LogP contribution in [0.15, 0.2) is 6.20 Å². The predicted octanol–water partition coefficient (Wildman–Crippen LogP) is 0.596. The van der Waals surface area contributed by atoms with E-state index in [1.165, 1.54) is 0 Å². The molecular weight excluding hydrogens is 182 g/mol. The number of H-pyrrole nitrogens is 1. The molecule has 2 heterocycles. The van der Waals surface area contributed by atoms with Crippen molar-refractivity contribution in [2.75, 3.05) is 0 Å². The van der Waals surface area contributed by atoms with Crippen LogP contribution in [0.5, 0.6) is 0 Å². The first kappa shape index (κ1) is 9.21. The molecule has 2 rings (SSSR count). The van der Waals surface area contributed by atoms with Crippen LogP contribution >= 0.6 is 0 Å². The lowest BCUT2D eigenvalue weighted by Gasteiger charge is -2.10. The van der Waals surface area contributed by atoms with Crippen molar-refractivity contribution in [2.45, 2.75) is 31.8 Å². The Morgan fingerprint density at radius 3 is 2.93 bits per heavy atom. The Hall–Kier alpha value is -1.36. The molecule has 1 aromatic heterocycles. The highest BCUT2D eigenvalue weighted by Gasteiger charge is 2.30. The van der Waals surface area contributed by atoms with Crippen molar-refractivity contribution in [3.63, 3.8) is 0 Å². The molecule has 1 aliphatic rings. The third-order valence-electron chi connectivity index (χ3n) is 2.69. The van der Waals surface area contributed by atoms with Crippen LogP contribution < -0.4 is 5.32 Å². The summed E-state index contributed by atoms with van der Waals surface area (Å²) in [5, 5.41) is 18.7. The Morgan fingerprint density at radius 2 is 2.43 bits per heavy atom. The largest absolute Gasteiger partial charge is 0.480 e. The molecule has 2 unspecified atom stereocenters. The van der Waals surface area contributed by atoms with Crippen molar-refractivity contribution in [3.8, 4) is 0 Å². The maximum atomic E-state index is 10.7. The predicted molar refractivity (Wildman–Crippen MR) is 49.9 cm³/mol. The van der Waals surface area contributed by atoms with Gasteiger partial charge in [0.15, 0.2) is 0 Å². The van der Waals surface area contributed by atoms with Gasteiger partial charge in [0.05, 0.1) is 6.20 Å². The molecule has 1 aromatic rings. The number of hydrogen-bond donors (Lipinski definition) is 3. The van der Waals surface area contributed by atoms with E-state index in [9.17, 15) is 4.79 Å². The molecule has 3 N–H and O–H groups in total. The first-order chi connectivity index (χ1) is 6.68. The van der Waals surface area contributed by atoms with Gasteiger partial charge in [0, 0.05) is 17.3 Å². The SMILES string of the molecule is Cc1[nH]ncc1C1CCC(C(=O)O)N1. The van der Waals surface area contributed by atoms with E-state index < -0.39 is 12.0 Å². The maximum Gasteiger partial charge on any atom is 0.320 e. The van der Waals surface area contributed by atoms with E-state index >= 15 is 0 Å². The second-order valence-corrected chi connectivity index (χ2v) is 3.64. The van der Waals surface area contributed by atoms with Gasteiger partial charge in [-0.2, -0.15) is 5.10 Å². The number of nitrogens with one attached hydrogen (secondary N) is 2. The normalized spacial score (nSPS) is 26.6. The summed E-state index contributed by atoms with van der Waals surface area (Å²) in [6.07, 6.45) is 3.30. The fourth-order valence-corrected chi connectivity index (χ4v) is 1.89. The lowest BCUT2D eigenvalue weighted by molar-refractivity contribution is -0.139. The number of aromatic nitrogens is 2. The van der Waals surface area contributed by atoms with Gasteiger partial charge in [0.1, 0.15) is 6.04 Å². The van der Waals surface area contributed by atoms with Gasteiger partial charge >= 0.3 is 5.97 Å². The third kappa shape index (κ3) is 1.50. The van der Waals surface area contributed by atoms with E-state index in [4.69, 9.17) is 5.11 Å². The number of aliphatic carboxylic acids is 1. The number of aromatic amines is 1. The van der Waals surface area contributed by atoms with Gasteiger partial charge in [0.25, 0.3) is 0 Å². The molecular formula is C9H13N3O2. The Balaban J connectivity index is 2.10. The fourth-order valence-electron chi connectivity index (χ4n) is 1.89. The first-order valence-electron chi connectivity index (χ1n) is 4.67. The summed E-state index contributed by atoms with van der Waals surface area (Å²) >= 11 is 0. The second kappa shape index (κ2) is 3.42. The molecule has 0 radical (unpaired) electrons. The molecule has 0 spiro atoms. The highest BCUT2D eigenvalue weighted by Crippen LogP contribution is 2.27. The van der Waals surface area contributed by atoms with Gasteiger partial charge in [-0.3, -0.25) is 15.2 Å². The summed E-state index contributed by atoms with van der Waals surface area (Å²) in [6.45, 7) is 1.94. The second-order valence-electron chi connectivity index (χ2n) is 3.64. The van der Waals surface area contributed by atoms with Gasteiger partial charge in [-0.15, -0.1) is 0 Å². The zero-order valence-corrected chi connectivity index (χ0v) is 7.95. The van der Waals surface area contributed by atoms with Crippen LogP contribution in [0.2, 0.25) is 0 Å². The quantitative estimate of drug-likeness (QED) is 0.645. The standard InChI is InChI=1S/C9H13N3O2/c1-5-6(4-10-12-5)7-2-3-8(11-7)9(13)14/h4,7-8,11H,2-3H2,1H3,(H,10,12)(H,13,14). The molecule has 0 amide bonds. The van der Waals surface area contributed by atoms with Crippen LogP contribution in [-0.2, 0) is 4.79 Å². The Labute approximate surface area is 81.5 Å². The molecule has 1 saturated heterocycles. The summed E-state index contributed by atoms with van der Waals surface area (Å²) in [6, 6.07) is -0.274. The van der Waals surface area contributed by atoms with E-state index in [2.05, 4.69) is 15.5 Å². The van der Waals surface area contributed by atoms with E-state index in [0.717, 1.165) is 17.7 Å². The van der Waals surface area contributed by atoms with E-state index in [0.29, 0.717) is 6.42 Å². The van der Waals surface area contributed by atoms with E-state index in [1.807, 2.05) is 6.92 Å². The van der Waals surface area contributed by atoms with Crippen molar-refractivity contribution >= 4 is 5.97 Å². The number of carbonyl (C=O) groups is 1. The molecule has 0 saturated carbocycles. The van der Waals surface area contributed by atoms with Crippen molar-refractivity contribution in [1.82, 2.24) is 15.5 Å². The van der Waals surface area contributed by atoms with Gasteiger partial charge in [-0.1, -0.05) is 0 Å². The van der Waals surface area contributed by atoms with E-state index in [1.54, 1.807) is 6.20 Å². The molecule has 0 aliphatic carbocycles. The highest BCUT2D eigenvalue weighted by atomic mass is 16.4. The summed E-state index contributed by atoms with van der Waals surface area (Å²) in [5.74, 6) is -0.770. The van der Waals surface area contributed by atoms with Crippen LogP contribution in [0, 0.1) is 6.92 Å². The number of nitrogens with zero attached hydrogens (tertiary/aromatic N) is 1. The average Bonchev–Trinajstić information content (AvgIpc) is 2.71. The minimum absolute atomic E-state index is 0.134. The monoisotopic (exact) mass is 195 g/mol. The van der Waals surface area contributed by atoms with Crippen LogP contribution in [0.25, 0.3) is 0 Å². The van der Waals surface area contributed by atoms with Gasteiger partial charge in [0.2, 0.25) is 0 Å². The maximum absolute atomic E-state index is 10.7. The Kier molecular flexibility index (Phi) is 2.25. The van der Waals surface area contributed by atoms with Crippen molar-refractivity contribution in [3.05, 3.63) is 17.5 Å². The molecule has 0 aromatic carbocycles. The van der Waals surface area contributed by atoms with Crippen molar-refractivity contribution < 1.29 is 9.90 Å². The fraction of sp³-hybridized carbons (Fsp3) is 0.556. The number of hydrogen-bond acceptors (Lipinski definition) is 3. The van der Waals surface area contributed by atoms with Crippen LogP contribution in [0.3, 0.4) is 0 Å². The number of carboxylic acids is 1. The summed E-state index contributed by atoms with van der Waals surface area (Å²) < 4.78 is 0. The zero-order valence-electron chi connectivity index (χ0n) is 7.95. The van der Waals surface area contributed by atoms with E-state index in [-0.39, 0.29) is 6.04 Å². The number of rotatable bonds is 2. The summed E-state index contributed by atoms with van der Waals surface area (Å²) in [5.41, 5.74) is 2.09. The summed E-state index contributed by atoms with van der Waals surface area (Å²) in [4.78, 5) is 10.7. The molecule has 1 aliphatic heterocycles. The van der Waals surface area contributed by atoms with Crippen LogP contribution in [0.1, 0.15) is 30.1 Å². The number of aryl methyl sites for hydroxylation is 1. The highest BCUT2D eigenvalue weighted by molar-refractivity contribution is 5.73. The Morgan fingerprint density at radius 1 is 1.64 bits per heavy atom. The molecule has 5 heteroatoms. The van der Waals surface area contributed by atoms with Gasteiger partial charge in [-0.25, -0.2) is 0 Å².